The van der Waals surface area contributed by atoms with E-state index < -0.39 is 0 Å². The Morgan fingerprint density at radius 2 is 2.37 bits per heavy atom. The van der Waals surface area contributed by atoms with Crippen molar-refractivity contribution in [3.63, 3.8) is 0 Å². The fourth-order valence-corrected chi connectivity index (χ4v) is 2.49. The number of ether oxygens (including phenoxy) is 1. The van der Waals surface area contributed by atoms with E-state index in [-0.39, 0.29) is 11.9 Å². The molecule has 0 aliphatic carbocycles. The number of nitrogens with zero attached hydrogens (tertiary/aromatic N) is 3. The van der Waals surface area contributed by atoms with Crippen molar-refractivity contribution in [1.29, 1.82) is 0 Å². The van der Waals surface area contributed by atoms with Crippen molar-refractivity contribution in [2.45, 2.75) is 12.6 Å². The van der Waals surface area contributed by atoms with Crippen LogP contribution in [-0.4, -0.2) is 47.3 Å². The summed E-state index contributed by atoms with van der Waals surface area (Å²) < 4.78 is 20.8. The number of hydrogen-bond acceptors (Lipinski definition) is 4. The highest BCUT2D eigenvalue weighted by molar-refractivity contribution is 5.78. The van der Waals surface area contributed by atoms with Gasteiger partial charge >= 0.3 is 0 Å². The van der Waals surface area contributed by atoms with Gasteiger partial charge in [0, 0.05) is 19.2 Å². The lowest BCUT2D eigenvalue weighted by Gasteiger charge is -2.30. The number of nitrogen functional groups attached to an aromatic ring is 1. The van der Waals surface area contributed by atoms with Crippen LogP contribution in [-0.2, 0) is 11.3 Å². The number of fused-ring (bicyclic) bond motifs is 1. The van der Waals surface area contributed by atoms with Gasteiger partial charge in [0.05, 0.1) is 30.3 Å². The lowest BCUT2D eigenvalue weighted by atomic mass is 10.2. The lowest BCUT2D eigenvalue weighted by molar-refractivity contribution is -0.0267. The van der Waals surface area contributed by atoms with Gasteiger partial charge in [-0.1, -0.05) is 0 Å². The van der Waals surface area contributed by atoms with Crippen LogP contribution in [0.4, 0.5) is 10.3 Å². The van der Waals surface area contributed by atoms with E-state index in [4.69, 9.17) is 10.5 Å². The molecular weight excluding hydrogens is 247 g/mol. The van der Waals surface area contributed by atoms with Crippen LogP contribution < -0.4 is 5.73 Å². The molecule has 1 aliphatic heterocycles. The number of rotatable bonds is 2. The third-order valence-electron chi connectivity index (χ3n) is 3.47. The maximum absolute atomic E-state index is 13.2. The number of morpholine rings is 1. The molecule has 2 N–H and O–H groups in total. The molecule has 6 heteroatoms. The molecule has 0 saturated carbocycles. The third kappa shape index (κ3) is 2.41. The molecule has 19 heavy (non-hydrogen) atoms. The Hall–Kier alpha value is -1.66. The highest BCUT2D eigenvalue weighted by Crippen LogP contribution is 2.20. The number of hydrogen-bond donors (Lipinski definition) is 1. The van der Waals surface area contributed by atoms with Crippen LogP contribution in [0.2, 0.25) is 0 Å². The fourth-order valence-electron chi connectivity index (χ4n) is 2.49. The van der Waals surface area contributed by atoms with Gasteiger partial charge in [-0.3, -0.25) is 0 Å². The minimum absolute atomic E-state index is 0.0866. The number of nitrogens with two attached hydrogens (primary N) is 1. The molecule has 5 nitrogen and oxygen atoms in total. The molecule has 1 aliphatic rings. The molecule has 1 saturated heterocycles. The first-order valence-corrected chi connectivity index (χ1v) is 6.35. The van der Waals surface area contributed by atoms with Crippen molar-refractivity contribution < 1.29 is 9.13 Å². The van der Waals surface area contributed by atoms with E-state index in [1.807, 2.05) is 4.57 Å². The molecule has 0 spiro atoms. The van der Waals surface area contributed by atoms with Crippen molar-refractivity contribution in [3.05, 3.63) is 24.0 Å². The van der Waals surface area contributed by atoms with Crippen LogP contribution in [0.1, 0.15) is 0 Å². The van der Waals surface area contributed by atoms with Gasteiger partial charge in [-0.15, -0.1) is 0 Å². The fraction of sp³-hybridized carbons (Fsp3) is 0.462. The van der Waals surface area contributed by atoms with Crippen molar-refractivity contribution in [3.8, 4) is 0 Å². The summed E-state index contributed by atoms with van der Waals surface area (Å²) in [6.45, 7) is 3.17. The monoisotopic (exact) mass is 264 g/mol. The number of likely N-dealkylation sites (N-methyl/N-ethyl adjacent to an activating group) is 1. The van der Waals surface area contributed by atoms with Crippen LogP contribution in [0.3, 0.4) is 0 Å². The molecule has 1 aromatic heterocycles. The second-order valence-corrected chi connectivity index (χ2v) is 4.97. The van der Waals surface area contributed by atoms with Crippen LogP contribution in [0.25, 0.3) is 11.0 Å². The van der Waals surface area contributed by atoms with E-state index in [1.54, 1.807) is 6.07 Å². The topological polar surface area (TPSA) is 56.3 Å². The lowest BCUT2D eigenvalue weighted by Crippen LogP contribution is -2.42. The van der Waals surface area contributed by atoms with Crippen molar-refractivity contribution in [2.75, 3.05) is 32.5 Å². The van der Waals surface area contributed by atoms with Gasteiger partial charge in [-0.05, 0) is 19.2 Å². The summed E-state index contributed by atoms with van der Waals surface area (Å²) in [5.74, 6) is 0.100. The molecule has 1 aromatic carbocycles. The van der Waals surface area contributed by atoms with Gasteiger partial charge in [-0.25, -0.2) is 9.37 Å². The highest BCUT2D eigenvalue weighted by atomic mass is 19.1. The second-order valence-electron chi connectivity index (χ2n) is 4.97. The molecule has 0 bridgehead atoms. The molecule has 2 heterocycles. The Balaban J connectivity index is 1.89. The Morgan fingerprint density at radius 1 is 1.53 bits per heavy atom. The molecular formula is C13H17FN4O. The van der Waals surface area contributed by atoms with Gasteiger partial charge in [0.2, 0.25) is 5.95 Å². The van der Waals surface area contributed by atoms with E-state index >= 15 is 0 Å². The summed E-state index contributed by atoms with van der Waals surface area (Å²) in [5, 5.41) is 0. The Morgan fingerprint density at radius 3 is 3.16 bits per heavy atom. The van der Waals surface area contributed by atoms with Crippen LogP contribution in [0.5, 0.6) is 0 Å². The molecule has 1 unspecified atom stereocenters. The molecule has 1 atom stereocenters. The van der Waals surface area contributed by atoms with Crippen LogP contribution >= 0.6 is 0 Å². The molecule has 0 amide bonds. The predicted molar refractivity (Wildman–Crippen MR) is 71.3 cm³/mol. The normalized spacial score (nSPS) is 21.1. The number of benzene rings is 1. The zero-order valence-corrected chi connectivity index (χ0v) is 10.8. The summed E-state index contributed by atoms with van der Waals surface area (Å²) >= 11 is 0. The van der Waals surface area contributed by atoms with Crippen LogP contribution in [0.15, 0.2) is 18.2 Å². The second kappa shape index (κ2) is 4.79. The maximum atomic E-state index is 13.2. The first kappa shape index (κ1) is 12.4. The zero-order chi connectivity index (χ0) is 13.4. The van der Waals surface area contributed by atoms with E-state index in [2.05, 4.69) is 16.9 Å². The van der Waals surface area contributed by atoms with E-state index in [1.165, 1.54) is 12.1 Å². The summed E-state index contributed by atoms with van der Waals surface area (Å²) in [5.41, 5.74) is 7.34. The van der Waals surface area contributed by atoms with Gasteiger partial charge in [0.25, 0.3) is 0 Å². The van der Waals surface area contributed by atoms with Crippen molar-refractivity contribution >= 4 is 17.0 Å². The van der Waals surface area contributed by atoms with Gasteiger partial charge in [-0.2, -0.15) is 0 Å². The van der Waals surface area contributed by atoms with Gasteiger partial charge < -0.3 is 19.9 Å². The van der Waals surface area contributed by atoms with Crippen molar-refractivity contribution in [2.24, 2.45) is 0 Å². The minimum Gasteiger partial charge on any atom is -0.374 e. The van der Waals surface area contributed by atoms with Gasteiger partial charge in [0.1, 0.15) is 5.82 Å². The van der Waals surface area contributed by atoms with E-state index in [9.17, 15) is 4.39 Å². The Labute approximate surface area is 110 Å². The first-order chi connectivity index (χ1) is 9.13. The SMILES string of the molecule is CN1CCOC(Cn2c(N)nc3cc(F)ccc32)C1. The Bertz CT molecular complexity index is 598. The molecule has 1 fully saturated rings. The van der Waals surface area contributed by atoms with Gasteiger partial charge in [0.15, 0.2) is 0 Å². The molecule has 3 rings (SSSR count). The minimum atomic E-state index is -0.300. The first-order valence-electron chi connectivity index (χ1n) is 6.35. The largest absolute Gasteiger partial charge is 0.374 e. The number of imidazole rings is 1. The third-order valence-corrected chi connectivity index (χ3v) is 3.47. The number of aromatic nitrogens is 2. The summed E-state index contributed by atoms with van der Waals surface area (Å²) in [7, 11) is 2.07. The number of anilines is 1. The average molecular weight is 264 g/mol. The average Bonchev–Trinajstić information content (AvgIpc) is 2.65. The summed E-state index contributed by atoms with van der Waals surface area (Å²) in [6, 6.07) is 4.53. The summed E-state index contributed by atoms with van der Waals surface area (Å²) in [4.78, 5) is 6.42. The number of halogens is 1. The standard InChI is InChI=1S/C13H17FN4O/c1-17-4-5-19-10(7-17)8-18-12-3-2-9(14)6-11(12)16-13(18)15/h2-3,6,10H,4-5,7-8H2,1H3,(H2,15,16). The quantitative estimate of drug-likeness (QED) is 0.882. The van der Waals surface area contributed by atoms with E-state index in [0.717, 1.165) is 25.2 Å². The van der Waals surface area contributed by atoms with Crippen LogP contribution in [0, 0.1) is 5.82 Å². The highest BCUT2D eigenvalue weighted by Gasteiger charge is 2.20. The maximum Gasteiger partial charge on any atom is 0.201 e. The smallest absolute Gasteiger partial charge is 0.201 e. The predicted octanol–water partition coefficient (Wildman–Crippen LogP) is 1.09. The molecule has 102 valence electrons. The zero-order valence-electron chi connectivity index (χ0n) is 10.8. The van der Waals surface area contributed by atoms with Crippen molar-refractivity contribution in [1.82, 2.24) is 14.5 Å². The molecule has 0 radical (unpaired) electrons. The molecule has 2 aromatic rings. The Kier molecular flexibility index (Phi) is 3.12. The summed E-state index contributed by atoms with van der Waals surface area (Å²) in [6.07, 6.45) is 0.0866. The van der Waals surface area contributed by atoms with E-state index in [0.29, 0.717) is 18.0 Å².